The van der Waals surface area contributed by atoms with E-state index in [1.807, 2.05) is 28.7 Å². The van der Waals surface area contributed by atoms with Crippen molar-refractivity contribution >= 4 is 38.3 Å². The van der Waals surface area contributed by atoms with Gasteiger partial charge in [-0.25, -0.2) is 9.78 Å². The predicted molar refractivity (Wildman–Crippen MR) is 67.4 cm³/mol. The molecule has 0 spiro atoms. The van der Waals surface area contributed by atoms with E-state index >= 15 is 0 Å². The number of nitrogens with zero attached hydrogens (tertiary/aromatic N) is 2. The Hall–Kier alpha value is -1.88. The van der Waals surface area contributed by atoms with Crippen LogP contribution >= 0.6 is 15.9 Å². The summed E-state index contributed by atoms with van der Waals surface area (Å²) in [6.45, 7) is 0. The minimum atomic E-state index is -1.02. The fraction of sp³-hybridized carbons (Fsp3) is 0. The predicted octanol–water partition coefficient (Wildman–Crippen LogP) is 2.95. The lowest BCUT2D eigenvalue weighted by Gasteiger charge is -1.97. The highest BCUT2D eigenvalue weighted by Gasteiger charge is 2.12. The molecule has 84 valence electrons. The van der Waals surface area contributed by atoms with E-state index in [2.05, 4.69) is 20.9 Å². The number of fused-ring (bicyclic) bond motifs is 3. The van der Waals surface area contributed by atoms with Crippen molar-refractivity contribution in [1.29, 1.82) is 0 Å². The monoisotopic (exact) mass is 290 g/mol. The summed E-state index contributed by atoms with van der Waals surface area (Å²) >= 11 is 3.49. The standard InChI is InChI=1S/C12H7BrN2O2/c13-11-7-3-1-2-4-9(7)15-6-14-8(12(16)17)5-10(11)15/h1-6H,(H,16,17). The number of hydrogen-bond donors (Lipinski definition) is 1. The zero-order valence-corrected chi connectivity index (χ0v) is 10.2. The molecular weight excluding hydrogens is 284 g/mol. The highest BCUT2D eigenvalue weighted by molar-refractivity contribution is 9.10. The molecule has 0 bridgehead atoms. The van der Waals surface area contributed by atoms with Crippen molar-refractivity contribution in [3.05, 3.63) is 46.8 Å². The van der Waals surface area contributed by atoms with Gasteiger partial charge in [-0.15, -0.1) is 0 Å². The molecular formula is C12H7BrN2O2. The fourth-order valence-corrected chi connectivity index (χ4v) is 2.54. The first-order chi connectivity index (χ1) is 8.18. The van der Waals surface area contributed by atoms with Crippen molar-refractivity contribution < 1.29 is 9.90 Å². The van der Waals surface area contributed by atoms with E-state index in [1.54, 1.807) is 6.07 Å². The average molecular weight is 291 g/mol. The molecule has 2 heterocycles. The Labute approximate surface area is 105 Å². The van der Waals surface area contributed by atoms with Crippen molar-refractivity contribution in [1.82, 2.24) is 9.38 Å². The maximum Gasteiger partial charge on any atom is 0.354 e. The lowest BCUT2D eigenvalue weighted by molar-refractivity contribution is 0.0690. The number of aromatic carboxylic acids is 1. The molecule has 1 aromatic carbocycles. The molecule has 5 heteroatoms. The van der Waals surface area contributed by atoms with Crippen LogP contribution in [0.15, 0.2) is 41.1 Å². The molecule has 0 fully saturated rings. The molecule has 0 unspecified atom stereocenters. The summed E-state index contributed by atoms with van der Waals surface area (Å²) < 4.78 is 2.75. The van der Waals surface area contributed by atoms with Crippen LogP contribution in [-0.4, -0.2) is 20.5 Å². The van der Waals surface area contributed by atoms with E-state index < -0.39 is 5.97 Å². The third-order valence-electron chi connectivity index (χ3n) is 2.69. The Kier molecular flexibility index (Phi) is 2.16. The maximum absolute atomic E-state index is 10.9. The average Bonchev–Trinajstić information content (AvgIpc) is 2.64. The van der Waals surface area contributed by atoms with E-state index in [0.717, 1.165) is 20.9 Å². The zero-order chi connectivity index (χ0) is 12.0. The molecule has 3 rings (SSSR count). The fourth-order valence-electron chi connectivity index (χ4n) is 1.90. The van der Waals surface area contributed by atoms with Gasteiger partial charge in [0.25, 0.3) is 0 Å². The molecule has 0 saturated carbocycles. The Morgan fingerprint density at radius 3 is 2.82 bits per heavy atom. The van der Waals surface area contributed by atoms with Gasteiger partial charge in [0.05, 0.1) is 15.5 Å². The Bertz CT molecular complexity index is 749. The van der Waals surface area contributed by atoms with Gasteiger partial charge < -0.3 is 5.11 Å². The highest BCUT2D eigenvalue weighted by atomic mass is 79.9. The van der Waals surface area contributed by atoms with Gasteiger partial charge in [0.1, 0.15) is 6.33 Å². The van der Waals surface area contributed by atoms with E-state index in [0.29, 0.717) is 0 Å². The molecule has 4 nitrogen and oxygen atoms in total. The van der Waals surface area contributed by atoms with Crippen molar-refractivity contribution in [3.8, 4) is 0 Å². The summed E-state index contributed by atoms with van der Waals surface area (Å²) in [5.74, 6) is -1.02. The number of para-hydroxylation sites is 1. The lowest BCUT2D eigenvalue weighted by atomic mass is 10.2. The smallest absolute Gasteiger partial charge is 0.354 e. The van der Waals surface area contributed by atoms with Crippen LogP contribution in [0, 0.1) is 0 Å². The molecule has 0 aliphatic carbocycles. The van der Waals surface area contributed by atoms with Gasteiger partial charge in [0, 0.05) is 5.39 Å². The summed E-state index contributed by atoms with van der Waals surface area (Å²) in [7, 11) is 0. The SMILES string of the molecule is O=C(O)c1cc2c(Br)c3ccccc3n2cn1. The van der Waals surface area contributed by atoms with Gasteiger partial charge >= 0.3 is 5.97 Å². The van der Waals surface area contributed by atoms with Gasteiger partial charge in [-0.1, -0.05) is 18.2 Å². The number of benzene rings is 1. The first-order valence-electron chi connectivity index (χ1n) is 4.96. The van der Waals surface area contributed by atoms with Crippen LogP contribution in [0.25, 0.3) is 16.4 Å². The number of rotatable bonds is 1. The third kappa shape index (κ3) is 1.43. The van der Waals surface area contributed by atoms with Gasteiger partial charge in [0.2, 0.25) is 0 Å². The molecule has 0 amide bonds. The molecule has 0 radical (unpaired) electrons. The van der Waals surface area contributed by atoms with E-state index in [4.69, 9.17) is 5.11 Å². The molecule has 3 aromatic rings. The molecule has 1 N–H and O–H groups in total. The summed E-state index contributed by atoms with van der Waals surface area (Å²) in [6.07, 6.45) is 1.53. The van der Waals surface area contributed by atoms with Crippen LogP contribution in [0.1, 0.15) is 10.5 Å². The molecule has 17 heavy (non-hydrogen) atoms. The topological polar surface area (TPSA) is 54.6 Å². The number of aromatic nitrogens is 2. The minimum Gasteiger partial charge on any atom is -0.477 e. The molecule has 0 atom stereocenters. The van der Waals surface area contributed by atoms with Gasteiger partial charge in [-0.2, -0.15) is 0 Å². The molecule has 0 aliphatic heterocycles. The highest BCUT2D eigenvalue weighted by Crippen LogP contribution is 2.31. The van der Waals surface area contributed by atoms with E-state index in [-0.39, 0.29) is 5.69 Å². The second kappa shape index (κ2) is 3.56. The van der Waals surface area contributed by atoms with Crippen molar-refractivity contribution in [2.24, 2.45) is 0 Å². The minimum absolute atomic E-state index is 0.0426. The van der Waals surface area contributed by atoms with Crippen LogP contribution in [0.2, 0.25) is 0 Å². The Balaban J connectivity index is 2.49. The summed E-state index contributed by atoms with van der Waals surface area (Å²) in [4.78, 5) is 14.8. The van der Waals surface area contributed by atoms with Gasteiger partial charge in [-0.05, 0) is 28.1 Å². The quantitative estimate of drug-likeness (QED) is 0.750. The number of carboxylic acids is 1. The third-order valence-corrected chi connectivity index (χ3v) is 3.52. The number of halogens is 1. The molecule has 0 saturated heterocycles. The van der Waals surface area contributed by atoms with Crippen molar-refractivity contribution in [2.75, 3.05) is 0 Å². The summed E-state index contributed by atoms with van der Waals surface area (Å²) in [6, 6.07) is 9.39. The maximum atomic E-state index is 10.9. The summed E-state index contributed by atoms with van der Waals surface area (Å²) in [5, 5.41) is 9.96. The Morgan fingerprint density at radius 2 is 2.06 bits per heavy atom. The summed E-state index contributed by atoms with van der Waals surface area (Å²) in [5.41, 5.74) is 1.85. The molecule has 2 aromatic heterocycles. The number of carboxylic acid groups (broad SMARTS) is 1. The first-order valence-corrected chi connectivity index (χ1v) is 5.75. The first kappa shape index (κ1) is 10.3. The second-order valence-corrected chi connectivity index (χ2v) is 4.46. The van der Waals surface area contributed by atoms with E-state index in [9.17, 15) is 4.79 Å². The largest absolute Gasteiger partial charge is 0.477 e. The van der Waals surface area contributed by atoms with Crippen LogP contribution in [0.4, 0.5) is 0 Å². The van der Waals surface area contributed by atoms with Crippen LogP contribution < -0.4 is 0 Å². The number of carbonyl (C=O) groups is 1. The van der Waals surface area contributed by atoms with Gasteiger partial charge in [0.15, 0.2) is 5.69 Å². The van der Waals surface area contributed by atoms with Crippen molar-refractivity contribution in [3.63, 3.8) is 0 Å². The van der Waals surface area contributed by atoms with Gasteiger partial charge in [-0.3, -0.25) is 4.40 Å². The lowest BCUT2D eigenvalue weighted by Crippen LogP contribution is -2.01. The zero-order valence-electron chi connectivity index (χ0n) is 8.59. The van der Waals surface area contributed by atoms with Crippen LogP contribution in [0.3, 0.4) is 0 Å². The van der Waals surface area contributed by atoms with Crippen LogP contribution in [-0.2, 0) is 0 Å². The van der Waals surface area contributed by atoms with Crippen molar-refractivity contribution in [2.45, 2.75) is 0 Å². The number of hydrogen-bond acceptors (Lipinski definition) is 2. The Morgan fingerprint density at radius 1 is 1.29 bits per heavy atom. The van der Waals surface area contributed by atoms with Crippen LogP contribution in [0.5, 0.6) is 0 Å². The molecule has 0 aliphatic rings. The normalized spacial score (nSPS) is 11.1. The van der Waals surface area contributed by atoms with E-state index in [1.165, 1.54) is 6.33 Å². The second-order valence-electron chi connectivity index (χ2n) is 3.67.